The van der Waals surface area contributed by atoms with Gasteiger partial charge < -0.3 is 8.83 Å². The summed E-state index contributed by atoms with van der Waals surface area (Å²) in [4.78, 5) is 4.51. The third kappa shape index (κ3) is 2.68. The summed E-state index contributed by atoms with van der Waals surface area (Å²) in [5.41, 5.74) is 9.83. The second kappa shape index (κ2) is 6.93. The summed E-state index contributed by atoms with van der Waals surface area (Å²) in [7, 11) is 0. The molecule has 0 saturated carbocycles. The lowest BCUT2D eigenvalue weighted by molar-refractivity contribution is -0.395. The molecule has 0 saturated heterocycles. The number of halogens is 1. The van der Waals surface area contributed by atoms with Crippen LogP contribution in [0.5, 0.6) is 0 Å². The first-order valence-electron chi connectivity index (χ1n) is 10.5. The molecule has 0 unspecified atom stereocenters. The molecule has 0 spiro atoms. The van der Waals surface area contributed by atoms with Gasteiger partial charge in [-0.1, -0.05) is 30.3 Å². The van der Waals surface area contributed by atoms with Gasteiger partial charge in [0.2, 0.25) is 22.9 Å². The molecule has 0 fully saturated rings. The Bertz CT molecular complexity index is 1670. The number of fused-ring (bicyclic) bond motifs is 4. The first-order chi connectivity index (χ1) is 15.4. The molecule has 3 aromatic carbocycles. The van der Waals surface area contributed by atoms with E-state index in [1.807, 2.05) is 6.92 Å². The number of aromatic nitrogens is 3. The minimum Gasteiger partial charge on any atom is -0.424 e. The highest BCUT2D eigenvalue weighted by Gasteiger charge is 2.30. The van der Waals surface area contributed by atoms with E-state index in [0.29, 0.717) is 11.7 Å². The maximum Gasteiger partial charge on any atom is 0.319 e. The molecule has 0 atom stereocenters. The zero-order valence-electron chi connectivity index (χ0n) is 18.2. The van der Waals surface area contributed by atoms with E-state index in [4.69, 9.17) is 8.83 Å². The molecule has 0 radical (unpaired) electrons. The maximum atomic E-state index is 6.05. The van der Waals surface area contributed by atoms with E-state index in [2.05, 4.69) is 111 Å². The molecular weight excluding hydrogens is 513 g/mol. The van der Waals surface area contributed by atoms with Crippen molar-refractivity contribution in [2.24, 2.45) is 0 Å². The van der Waals surface area contributed by atoms with Gasteiger partial charge in [0.05, 0.1) is 10.9 Å². The molecule has 0 aliphatic rings. The number of hydrogen-bond donors (Lipinski definition) is 0. The van der Waals surface area contributed by atoms with Gasteiger partial charge in [-0.05, 0) is 61.7 Å². The van der Waals surface area contributed by atoms with Crippen molar-refractivity contribution in [1.82, 2.24) is 9.55 Å². The quantitative estimate of drug-likeness (QED) is 0.227. The zero-order chi connectivity index (χ0) is 22.1. The Balaban J connectivity index is 1.74. The van der Waals surface area contributed by atoms with Gasteiger partial charge in [0, 0.05) is 6.92 Å². The highest BCUT2D eigenvalue weighted by atomic mass is 127. The van der Waals surface area contributed by atoms with Gasteiger partial charge in [-0.15, -0.1) is 0 Å². The Morgan fingerprint density at radius 2 is 1.62 bits per heavy atom. The fourth-order valence-electron chi connectivity index (χ4n) is 4.69. The smallest absolute Gasteiger partial charge is 0.319 e. The van der Waals surface area contributed by atoms with Crippen LogP contribution < -0.4 is 2.78 Å². The Hall–Kier alpha value is -3.13. The van der Waals surface area contributed by atoms with Crippen molar-refractivity contribution in [2.75, 3.05) is 0 Å². The minimum absolute atomic E-state index is 0.478. The fourth-order valence-corrected chi connectivity index (χ4v) is 5.58. The van der Waals surface area contributed by atoms with Crippen LogP contribution in [0.4, 0.5) is 0 Å². The van der Waals surface area contributed by atoms with Crippen molar-refractivity contribution in [1.29, 1.82) is 0 Å². The number of nitrogens with zero attached hydrogens (tertiary/aromatic N) is 3. The summed E-state index contributed by atoms with van der Waals surface area (Å²) in [5, 5.41) is 0.979. The number of para-hydroxylation sites is 3. The largest absolute Gasteiger partial charge is 0.424 e. The first-order valence-corrected chi connectivity index (χ1v) is 11.5. The van der Waals surface area contributed by atoms with Gasteiger partial charge in [0.25, 0.3) is 0 Å². The lowest BCUT2D eigenvalue weighted by Gasteiger charge is -2.10. The number of aryl methyl sites for hydroxylation is 4. The van der Waals surface area contributed by atoms with E-state index >= 15 is 0 Å². The lowest BCUT2D eigenvalue weighted by atomic mass is 10.0. The number of rotatable bonds is 2. The molecule has 6 rings (SSSR count). The van der Waals surface area contributed by atoms with Crippen LogP contribution in [0, 0.1) is 27.7 Å². The molecule has 0 aliphatic heterocycles. The monoisotopic (exact) mass is 534 g/mol. The van der Waals surface area contributed by atoms with E-state index in [9.17, 15) is 0 Å². The fraction of sp³-hybridized carbons (Fsp3) is 0.154. The number of oxazole rings is 1. The van der Waals surface area contributed by atoms with Gasteiger partial charge in [-0.25, -0.2) is 4.98 Å². The van der Waals surface area contributed by atoms with Crippen LogP contribution in [0.2, 0.25) is 0 Å². The second-order valence-electron chi connectivity index (χ2n) is 8.30. The average Bonchev–Trinajstić information content (AvgIpc) is 3.37. The van der Waals surface area contributed by atoms with Crippen molar-refractivity contribution in [3.8, 4) is 17.1 Å². The number of hydrogen-bond acceptors (Lipinski definition) is 3. The van der Waals surface area contributed by atoms with E-state index in [1.54, 1.807) is 0 Å². The molecule has 3 heterocycles. The van der Waals surface area contributed by atoms with Crippen LogP contribution in [0.3, 0.4) is 0 Å². The Morgan fingerprint density at radius 3 is 2.41 bits per heavy atom. The summed E-state index contributed by atoms with van der Waals surface area (Å²) in [6.45, 7) is 8.32. The summed E-state index contributed by atoms with van der Waals surface area (Å²) in [6.07, 6.45) is 0. The predicted molar refractivity (Wildman–Crippen MR) is 135 cm³/mol. The molecule has 6 aromatic rings. The van der Waals surface area contributed by atoms with Crippen molar-refractivity contribution in [3.05, 3.63) is 77.2 Å². The van der Waals surface area contributed by atoms with Crippen LogP contribution in [-0.2, 0) is 0 Å². The zero-order valence-corrected chi connectivity index (χ0v) is 20.4. The SMILES string of the molecule is Cc1nc2c(o1)oc1cc(-c3n(-c4c(C)cccc4C)c4ccccc4[n+]3I)c(C)cc12. The number of imidazole rings is 1. The summed E-state index contributed by atoms with van der Waals surface area (Å²) in [5.74, 6) is 2.19. The molecule has 3 aromatic heterocycles. The maximum absolute atomic E-state index is 6.05. The van der Waals surface area contributed by atoms with E-state index in [1.165, 1.54) is 22.3 Å². The van der Waals surface area contributed by atoms with Crippen LogP contribution >= 0.6 is 22.9 Å². The van der Waals surface area contributed by atoms with Gasteiger partial charge in [-0.2, -0.15) is 7.35 Å². The molecule has 6 heteroatoms. The second-order valence-corrected chi connectivity index (χ2v) is 9.27. The minimum atomic E-state index is 0.478. The first kappa shape index (κ1) is 19.5. The standard InChI is InChI=1S/C26H21IN3O2/c1-14-8-7-9-15(2)24(14)29-20-10-5-6-11-21(20)30(27)25(29)18-13-22-19(12-16(18)3)23-26(32-22)31-17(4)28-23/h5-13H,1-4H3/q+1. The van der Waals surface area contributed by atoms with Gasteiger partial charge >= 0.3 is 11.6 Å². The molecule has 0 amide bonds. The van der Waals surface area contributed by atoms with E-state index in [0.717, 1.165) is 39.0 Å². The lowest BCUT2D eigenvalue weighted by Crippen LogP contribution is -2.22. The van der Waals surface area contributed by atoms with Gasteiger partial charge in [0.15, 0.2) is 22.4 Å². The Kier molecular flexibility index (Phi) is 4.24. The molecular formula is C26H21IN3O2+. The molecule has 5 nitrogen and oxygen atoms in total. The van der Waals surface area contributed by atoms with Gasteiger partial charge in [-0.3, -0.25) is 0 Å². The Morgan fingerprint density at radius 1 is 0.875 bits per heavy atom. The third-order valence-electron chi connectivity index (χ3n) is 6.12. The van der Waals surface area contributed by atoms with Crippen LogP contribution in [0.25, 0.3) is 50.4 Å². The van der Waals surface area contributed by atoms with Crippen molar-refractivity contribution in [3.63, 3.8) is 0 Å². The summed E-state index contributed by atoms with van der Waals surface area (Å²) in [6, 6.07) is 19.2. The molecule has 0 bridgehead atoms. The summed E-state index contributed by atoms with van der Waals surface area (Å²) >= 11 is 2.41. The van der Waals surface area contributed by atoms with Crippen LogP contribution in [-0.4, -0.2) is 9.55 Å². The topological polar surface area (TPSA) is 48.0 Å². The predicted octanol–water partition coefficient (Wildman–Crippen LogP) is 6.90. The van der Waals surface area contributed by atoms with E-state index in [-0.39, 0.29) is 0 Å². The van der Waals surface area contributed by atoms with Crippen LogP contribution in [0.1, 0.15) is 22.6 Å². The van der Waals surface area contributed by atoms with Crippen molar-refractivity contribution < 1.29 is 11.6 Å². The van der Waals surface area contributed by atoms with Crippen LogP contribution in [0.15, 0.2) is 63.4 Å². The highest BCUT2D eigenvalue weighted by molar-refractivity contribution is 14.1. The third-order valence-corrected chi connectivity index (χ3v) is 7.10. The van der Waals surface area contributed by atoms with Crippen molar-refractivity contribution >= 4 is 56.2 Å². The molecule has 0 N–H and O–H groups in total. The normalized spacial score (nSPS) is 11.9. The Labute approximate surface area is 198 Å². The molecule has 158 valence electrons. The molecule has 0 aliphatic carbocycles. The number of benzene rings is 3. The van der Waals surface area contributed by atoms with Crippen molar-refractivity contribution in [2.45, 2.75) is 27.7 Å². The average molecular weight is 534 g/mol. The molecule has 32 heavy (non-hydrogen) atoms. The summed E-state index contributed by atoms with van der Waals surface area (Å²) < 4.78 is 16.3. The van der Waals surface area contributed by atoms with Gasteiger partial charge in [0.1, 0.15) is 11.3 Å². The van der Waals surface area contributed by atoms with E-state index < -0.39 is 0 Å². The highest BCUT2D eigenvalue weighted by Crippen LogP contribution is 2.37. The number of furan rings is 1.